The van der Waals surface area contributed by atoms with E-state index in [1.54, 1.807) is 14.0 Å². The van der Waals surface area contributed by atoms with E-state index in [0.29, 0.717) is 6.29 Å². The summed E-state index contributed by atoms with van der Waals surface area (Å²) in [5.41, 5.74) is -0.646. The molecule has 0 fully saturated rings. The Bertz CT molecular complexity index is 357. The van der Waals surface area contributed by atoms with Crippen molar-refractivity contribution in [2.24, 2.45) is 17.3 Å². The molecule has 110 valence electrons. The van der Waals surface area contributed by atoms with Gasteiger partial charge in [0.15, 0.2) is 0 Å². The van der Waals surface area contributed by atoms with Gasteiger partial charge in [-0.3, -0.25) is 4.79 Å². The van der Waals surface area contributed by atoms with E-state index in [-0.39, 0.29) is 5.76 Å². The number of carboxylic acid groups (broad SMARTS) is 1. The quantitative estimate of drug-likeness (QED) is 0.309. The van der Waals surface area contributed by atoms with Gasteiger partial charge in [-0.1, -0.05) is 27.4 Å². The number of aldehydes is 1. The third-order valence-electron chi connectivity index (χ3n) is 3.63. The topological polar surface area (TPSA) is 86.6 Å². The van der Waals surface area contributed by atoms with Gasteiger partial charge in [0.1, 0.15) is 6.29 Å². The first kappa shape index (κ1) is 18.0. The van der Waals surface area contributed by atoms with E-state index in [1.165, 1.54) is 0 Å². The van der Waals surface area contributed by atoms with Gasteiger partial charge in [-0.15, -0.1) is 0 Å². The number of nitrogens with one attached hydrogen (secondary N) is 1. The summed E-state index contributed by atoms with van der Waals surface area (Å²) in [7, 11) is 1.65. The molecule has 4 atom stereocenters. The van der Waals surface area contributed by atoms with Gasteiger partial charge in [0.2, 0.25) is 0 Å². The molecule has 0 aliphatic rings. The predicted octanol–water partition coefficient (Wildman–Crippen LogP) is 1.51. The number of aliphatic hydroxyl groups excluding tert-OH is 1. The molecule has 0 amide bonds. The molecule has 0 radical (unpaired) electrons. The zero-order valence-corrected chi connectivity index (χ0v) is 12.6. The summed E-state index contributed by atoms with van der Waals surface area (Å²) in [6.45, 7) is 8.58. The number of carbonyl (C=O) groups excluding carboxylic acids is 1. The normalized spacial score (nSPS) is 18.2. The van der Waals surface area contributed by atoms with Gasteiger partial charge < -0.3 is 20.3 Å². The van der Waals surface area contributed by atoms with Crippen LogP contribution in [0.2, 0.25) is 0 Å². The van der Waals surface area contributed by atoms with Crippen molar-refractivity contribution in [3.63, 3.8) is 0 Å². The van der Waals surface area contributed by atoms with Crippen molar-refractivity contribution in [3.05, 3.63) is 12.3 Å². The van der Waals surface area contributed by atoms with E-state index < -0.39 is 34.5 Å². The summed E-state index contributed by atoms with van der Waals surface area (Å²) in [5, 5.41) is 21.0. The highest BCUT2D eigenvalue weighted by molar-refractivity contribution is 7.81. The fourth-order valence-electron chi connectivity index (χ4n) is 2.33. The fraction of sp³-hybridized carbons (Fsp3) is 0.692. The molecule has 0 aromatic rings. The van der Waals surface area contributed by atoms with Crippen molar-refractivity contribution in [2.75, 3.05) is 7.05 Å². The Labute approximate surface area is 119 Å². The molecule has 0 aromatic heterocycles. The largest absolute Gasteiger partial charge is 0.512 e. The molecule has 5 nitrogen and oxygen atoms in total. The van der Waals surface area contributed by atoms with Gasteiger partial charge in [-0.05, 0) is 12.5 Å². The van der Waals surface area contributed by atoms with E-state index in [1.807, 2.05) is 13.8 Å². The summed E-state index contributed by atoms with van der Waals surface area (Å²) in [4.78, 5) is 22.2. The van der Waals surface area contributed by atoms with E-state index in [0.717, 1.165) is 0 Å². The van der Waals surface area contributed by atoms with Gasteiger partial charge in [0.25, 0.3) is 0 Å². The molecule has 0 bridgehead atoms. The summed E-state index contributed by atoms with van der Waals surface area (Å²) < 4.78 is 0. The number of thiol groups is 1. The minimum atomic E-state index is -0.951. The first-order valence-electron chi connectivity index (χ1n) is 6.02. The van der Waals surface area contributed by atoms with E-state index in [9.17, 15) is 14.7 Å². The zero-order valence-electron chi connectivity index (χ0n) is 11.8. The third-order valence-corrected chi connectivity index (χ3v) is 4.74. The zero-order chi connectivity index (χ0) is 15.4. The lowest BCUT2D eigenvalue weighted by Gasteiger charge is -2.42. The van der Waals surface area contributed by atoms with Gasteiger partial charge in [0, 0.05) is 11.3 Å². The lowest BCUT2D eigenvalue weighted by Crippen LogP contribution is -2.53. The van der Waals surface area contributed by atoms with Crippen molar-refractivity contribution >= 4 is 24.9 Å². The lowest BCUT2D eigenvalue weighted by atomic mass is 9.71. The summed E-state index contributed by atoms with van der Waals surface area (Å²) in [6, 6.07) is -0.466. The molecule has 4 unspecified atom stereocenters. The minimum absolute atomic E-state index is 0.245. The highest BCUT2D eigenvalue weighted by Crippen LogP contribution is 2.37. The number of hydrogen-bond donors (Lipinski definition) is 4. The molecule has 6 heteroatoms. The second-order valence-electron chi connectivity index (χ2n) is 5.31. The van der Waals surface area contributed by atoms with Crippen LogP contribution >= 0.6 is 12.6 Å². The van der Waals surface area contributed by atoms with Crippen LogP contribution in [0, 0.1) is 17.3 Å². The minimum Gasteiger partial charge on any atom is -0.512 e. The standard InChI is InChI=1S/C13H23NO4S/c1-7(12(17)18)11(19)13(3,4)10(14-5)9(6-15)8(2)16/h6-7,9-11,14,16,19H,2H2,1,3-5H3,(H,17,18). The highest BCUT2D eigenvalue weighted by Gasteiger charge is 2.43. The maximum atomic E-state index is 11.1. The average Bonchev–Trinajstić information content (AvgIpc) is 2.32. The summed E-state index contributed by atoms with van der Waals surface area (Å²) in [5.74, 6) is -2.69. The monoisotopic (exact) mass is 289 g/mol. The Balaban J connectivity index is 5.38. The maximum absolute atomic E-state index is 11.1. The number of aliphatic hydroxyl groups is 1. The average molecular weight is 289 g/mol. The number of hydrogen-bond acceptors (Lipinski definition) is 5. The van der Waals surface area contributed by atoms with Crippen molar-refractivity contribution in [1.82, 2.24) is 5.32 Å². The van der Waals surface area contributed by atoms with Crippen LogP contribution in [0.5, 0.6) is 0 Å². The Hall–Kier alpha value is -1.01. The number of rotatable bonds is 8. The van der Waals surface area contributed by atoms with Gasteiger partial charge >= 0.3 is 5.97 Å². The Morgan fingerprint density at radius 1 is 1.42 bits per heavy atom. The predicted molar refractivity (Wildman–Crippen MR) is 77.5 cm³/mol. The molecule has 0 aliphatic carbocycles. The van der Waals surface area contributed by atoms with Crippen molar-refractivity contribution in [2.45, 2.75) is 32.1 Å². The summed E-state index contributed by atoms with van der Waals surface area (Å²) in [6.07, 6.45) is 0.608. The van der Waals surface area contributed by atoms with E-state index >= 15 is 0 Å². The van der Waals surface area contributed by atoms with Gasteiger partial charge in [-0.25, -0.2) is 0 Å². The van der Waals surface area contributed by atoms with Gasteiger partial charge in [-0.2, -0.15) is 12.6 Å². The smallest absolute Gasteiger partial charge is 0.307 e. The van der Waals surface area contributed by atoms with Crippen LogP contribution in [-0.2, 0) is 9.59 Å². The molecule has 3 N–H and O–H groups in total. The van der Waals surface area contributed by atoms with Crippen molar-refractivity contribution in [3.8, 4) is 0 Å². The Morgan fingerprint density at radius 2 is 1.89 bits per heavy atom. The van der Waals surface area contributed by atoms with E-state index in [4.69, 9.17) is 5.11 Å². The first-order chi connectivity index (χ1) is 8.61. The molecule has 0 aliphatic heterocycles. The van der Waals surface area contributed by atoms with E-state index in [2.05, 4.69) is 24.5 Å². The second kappa shape index (κ2) is 6.96. The van der Waals surface area contributed by atoms with Crippen LogP contribution in [0.4, 0.5) is 0 Å². The van der Waals surface area contributed by atoms with Crippen LogP contribution < -0.4 is 5.32 Å². The van der Waals surface area contributed by atoms with Gasteiger partial charge in [0.05, 0.1) is 17.6 Å². The SMILES string of the molecule is C=C(O)C(C=O)C(NC)C(C)(C)C(S)C(C)C(=O)O. The van der Waals surface area contributed by atoms with Crippen molar-refractivity contribution < 1.29 is 19.8 Å². The molecule has 0 spiro atoms. The number of carbonyl (C=O) groups is 2. The maximum Gasteiger partial charge on any atom is 0.307 e. The molecule has 0 rings (SSSR count). The highest BCUT2D eigenvalue weighted by atomic mass is 32.1. The lowest BCUT2D eigenvalue weighted by molar-refractivity contribution is -0.142. The second-order valence-corrected chi connectivity index (χ2v) is 5.87. The molecular weight excluding hydrogens is 266 g/mol. The number of aliphatic carboxylic acids is 1. The van der Waals surface area contributed by atoms with Crippen LogP contribution in [0.3, 0.4) is 0 Å². The van der Waals surface area contributed by atoms with Crippen LogP contribution in [0.1, 0.15) is 20.8 Å². The van der Waals surface area contributed by atoms with Crippen LogP contribution in [0.15, 0.2) is 12.3 Å². The Kier molecular flexibility index (Phi) is 6.59. The van der Waals surface area contributed by atoms with Crippen LogP contribution in [-0.4, -0.2) is 40.8 Å². The molecular formula is C13H23NO4S. The fourth-order valence-corrected chi connectivity index (χ4v) is 2.62. The van der Waals surface area contributed by atoms with Crippen molar-refractivity contribution in [1.29, 1.82) is 0 Å². The molecule has 0 saturated heterocycles. The number of carboxylic acids is 1. The first-order valence-corrected chi connectivity index (χ1v) is 6.54. The third kappa shape index (κ3) is 3.98. The molecule has 0 aromatic carbocycles. The summed E-state index contributed by atoms with van der Waals surface area (Å²) >= 11 is 4.39. The molecule has 0 heterocycles. The Morgan fingerprint density at radius 3 is 2.16 bits per heavy atom. The molecule has 19 heavy (non-hydrogen) atoms. The molecule has 0 saturated carbocycles. The van der Waals surface area contributed by atoms with Crippen LogP contribution in [0.25, 0.3) is 0 Å².